The van der Waals surface area contributed by atoms with Gasteiger partial charge >= 0.3 is 0 Å². The normalized spacial score (nSPS) is 10.7. The van der Waals surface area contributed by atoms with Gasteiger partial charge < -0.3 is 5.11 Å². The first kappa shape index (κ1) is 10.8. The van der Waals surface area contributed by atoms with E-state index in [1.807, 2.05) is 29.8 Å². The van der Waals surface area contributed by atoms with Crippen molar-refractivity contribution >= 4 is 0 Å². The SMILES string of the molecule is CCc1nccn1-c1ccc(CO)c(C)n1. The molecule has 16 heavy (non-hydrogen) atoms. The van der Waals surface area contributed by atoms with Crippen LogP contribution in [0.5, 0.6) is 0 Å². The van der Waals surface area contributed by atoms with Crippen LogP contribution < -0.4 is 0 Å². The van der Waals surface area contributed by atoms with E-state index in [9.17, 15) is 0 Å². The van der Waals surface area contributed by atoms with Crippen molar-refractivity contribution in [2.24, 2.45) is 0 Å². The molecule has 0 atom stereocenters. The zero-order valence-corrected chi connectivity index (χ0v) is 9.51. The molecule has 0 radical (unpaired) electrons. The van der Waals surface area contributed by atoms with E-state index in [0.717, 1.165) is 29.3 Å². The number of pyridine rings is 1. The highest BCUT2D eigenvalue weighted by molar-refractivity contribution is 5.31. The van der Waals surface area contributed by atoms with Gasteiger partial charge in [-0.15, -0.1) is 0 Å². The van der Waals surface area contributed by atoms with Crippen LogP contribution in [-0.2, 0) is 13.0 Å². The maximum Gasteiger partial charge on any atom is 0.138 e. The molecule has 2 aromatic heterocycles. The number of aliphatic hydroxyl groups is 1. The van der Waals surface area contributed by atoms with Crippen molar-refractivity contribution in [2.45, 2.75) is 26.9 Å². The molecule has 2 rings (SSSR count). The average Bonchev–Trinajstić information content (AvgIpc) is 2.77. The van der Waals surface area contributed by atoms with Crippen molar-refractivity contribution in [2.75, 3.05) is 0 Å². The van der Waals surface area contributed by atoms with Crippen LogP contribution in [0.2, 0.25) is 0 Å². The van der Waals surface area contributed by atoms with Crippen molar-refractivity contribution in [1.29, 1.82) is 0 Å². The fourth-order valence-electron chi connectivity index (χ4n) is 1.68. The van der Waals surface area contributed by atoms with E-state index < -0.39 is 0 Å². The van der Waals surface area contributed by atoms with Crippen LogP contribution >= 0.6 is 0 Å². The Morgan fingerprint density at radius 3 is 2.81 bits per heavy atom. The maximum atomic E-state index is 9.08. The lowest BCUT2D eigenvalue weighted by atomic mass is 10.2. The molecule has 0 saturated heterocycles. The highest BCUT2D eigenvalue weighted by Crippen LogP contribution is 2.12. The average molecular weight is 217 g/mol. The predicted molar refractivity (Wildman–Crippen MR) is 61.4 cm³/mol. The second-order valence-electron chi connectivity index (χ2n) is 3.64. The second-order valence-corrected chi connectivity index (χ2v) is 3.64. The second kappa shape index (κ2) is 4.45. The highest BCUT2D eigenvalue weighted by atomic mass is 16.3. The Hall–Kier alpha value is -1.68. The van der Waals surface area contributed by atoms with Crippen LogP contribution in [0.4, 0.5) is 0 Å². The first-order chi connectivity index (χ1) is 7.76. The monoisotopic (exact) mass is 217 g/mol. The molecule has 0 spiro atoms. The smallest absolute Gasteiger partial charge is 0.138 e. The minimum absolute atomic E-state index is 0.0314. The van der Waals surface area contributed by atoms with E-state index in [0.29, 0.717) is 0 Å². The van der Waals surface area contributed by atoms with E-state index in [-0.39, 0.29) is 6.61 Å². The number of aliphatic hydroxyl groups excluding tert-OH is 1. The molecular weight excluding hydrogens is 202 g/mol. The van der Waals surface area contributed by atoms with Gasteiger partial charge in [-0.05, 0) is 18.6 Å². The van der Waals surface area contributed by atoms with Crippen LogP contribution in [0.15, 0.2) is 24.5 Å². The van der Waals surface area contributed by atoms with Gasteiger partial charge in [-0.2, -0.15) is 0 Å². The van der Waals surface area contributed by atoms with Gasteiger partial charge in [-0.25, -0.2) is 9.97 Å². The lowest BCUT2D eigenvalue weighted by molar-refractivity contribution is 0.280. The molecule has 4 nitrogen and oxygen atoms in total. The molecule has 0 fully saturated rings. The highest BCUT2D eigenvalue weighted by Gasteiger charge is 2.06. The summed E-state index contributed by atoms with van der Waals surface area (Å²) in [6, 6.07) is 3.80. The Bertz CT molecular complexity index is 491. The number of hydrogen-bond donors (Lipinski definition) is 1. The molecule has 0 bridgehead atoms. The zero-order chi connectivity index (χ0) is 11.5. The molecule has 0 aliphatic carbocycles. The molecule has 2 heterocycles. The molecule has 84 valence electrons. The molecular formula is C12H15N3O. The Labute approximate surface area is 94.6 Å². The topological polar surface area (TPSA) is 50.9 Å². The summed E-state index contributed by atoms with van der Waals surface area (Å²) >= 11 is 0. The molecule has 2 aromatic rings. The summed E-state index contributed by atoms with van der Waals surface area (Å²) in [4.78, 5) is 8.71. The van der Waals surface area contributed by atoms with Crippen LogP contribution in [0.25, 0.3) is 5.82 Å². The Kier molecular flexibility index (Phi) is 3.01. The fraction of sp³-hybridized carbons (Fsp3) is 0.333. The van der Waals surface area contributed by atoms with Crippen LogP contribution in [-0.4, -0.2) is 19.6 Å². The van der Waals surface area contributed by atoms with Gasteiger partial charge in [0, 0.05) is 24.5 Å². The molecule has 0 aliphatic rings. The van der Waals surface area contributed by atoms with Crippen molar-refractivity contribution in [3.05, 3.63) is 41.6 Å². The molecule has 0 unspecified atom stereocenters. The number of imidazole rings is 1. The van der Waals surface area contributed by atoms with Gasteiger partial charge in [-0.1, -0.05) is 13.0 Å². The standard InChI is InChI=1S/C12H15N3O/c1-3-11-13-6-7-15(11)12-5-4-10(8-16)9(2)14-12/h4-7,16H,3,8H2,1-2H3. The van der Waals surface area contributed by atoms with E-state index in [1.165, 1.54) is 0 Å². The van der Waals surface area contributed by atoms with Gasteiger partial charge in [0.1, 0.15) is 11.6 Å². The van der Waals surface area contributed by atoms with Crippen LogP contribution in [0.1, 0.15) is 24.0 Å². The van der Waals surface area contributed by atoms with Gasteiger partial charge in [0.2, 0.25) is 0 Å². The third-order valence-electron chi connectivity index (χ3n) is 2.63. The maximum absolute atomic E-state index is 9.08. The lowest BCUT2D eigenvalue weighted by Crippen LogP contribution is -2.04. The minimum Gasteiger partial charge on any atom is -0.392 e. The Morgan fingerprint density at radius 1 is 1.38 bits per heavy atom. The quantitative estimate of drug-likeness (QED) is 0.850. The molecule has 0 amide bonds. The van der Waals surface area contributed by atoms with Gasteiger partial charge in [0.05, 0.1) is 6.61 Å². The van der Waals surface area contributed by atoms with Crippen LogP contribution in [0.3, 0.4) is 0 Å². The van der Waals surface area contributed by atoms with Crippen molar-refractivity contribution in [1.82, 2.24) is 14.5 Å². The Morgan fingerprint density at radius 2 is 2.19 bits per heavy atom. The molecule has 0 aromatic carbocycles. The third-order valence-corrected chi connectivity index (χ3v) is 2.63. The lowest BCUT2D eigenvalue weighted by Gasteiger charge is -2.08. The summed E-state index contributed by atoms with van der Waals surface area (Å²) < 4.78 is 1.97. The van der Waals surface area contributed by atoms with E-state index in [4.69, 9.17) is 5.11 Å². The molecule has 0 saturated carbocycles. The third kappa shape index (κ3) is 1.84. The zero-order valence-electron chi connectivity index (χ0n) is 9.51. The van der Waals surface area contributed by atoms with Crippen LogP contribution in [0, 0.1) is 6.92 Å². The summed E-state index contributed by atoms with van der Waals surface area (Å²) in [5, 5.41) is 9.08. The van der Waals surface area contributed by atoms with Crippen molar-refractivity contribution < 1.29 is 5.11 Å². The number of aromatic nitrogens is 3. The summed E-state index contributed by atoms with van der Waals surface area (Å²) in [6.45, 7) is 4.00. The number of rotatable bonds is 3. The summed E-state index contributed by atoms with van der Waals surface area (Å²) in [6.07, 6.45) is 4.55. The largest absolute Gasteiger partial charge is 0.392 e. The summed E-state index contributed by atoms with van der Waals surface area (Å²) in [7, 11) is 0. The molecule has 0 aliphatic heterocycles. The van der Waals surface area contributed by atoms with Gasteiger partial charge in [-0.3, -0.25) is 4.57 Å². The van der Waals surface area contributed by atoms with Gasteiger partial charge in [0.25, 0.3) is 0 Å². The van der Waals surface area contributed by atoms with E-state index in [2.05, 4.69) is 16.9 Å². The van der Waals surface area contributed by atoms with E-state index >= 15 is 0 Å². The summed E-state index contributed by atoms with van der Waals surface area (Å²) in [5.41, 5.74) is 1.72. The first-order valence-electron chi connectivity index (χ1n) is 5.36. The van der Waals surface area contributed by atoms with E-state index in [1.54, 1.807) is 6.20 Å². The van der Waals surface area contributed by atoms with Gasteiger partial charge in [0.15, 0.2) is 0 Å². The molecule has 4 heteroatoms. The number of hydrogen-bond acceptors (Lipinski definition) is 3. The molecule has 1 N–H and O–H groups in total. The van der Waals surface area contributed by atoms with Crippen molar-refractivity contribution in [3.63, 3.8) is 0 Å². The number of aryl methyl sites for hydroxylation is 2. The fourth-order valence-corrected chi connectivity index (χ4v) is 1.68. The first-order valence-corrected chi connectivity index (χ1v) is 5.36. The van der Waals surface area contributed by atoms with Crippen molar-refractivity contribution in [3.8, 4) is 5.82 Å². The Balaban J connectivity index is 2.45. The summed E-state index contributed by atoms with van der Waals surface area (Å²) in [5.74, 6) is 1.84. The number of nitrogens with zero attached hydrogens (tertiary/aromatic N) is 3. The minimum atomic E-state index is 0.0314. The predicted octanol–water partition coefficient (Wildman–Crippen LogP) is 1.63.